The molecule has 138 valence electrons. The smallest absolute Gasteiger partial charge is 0.317 e. The lowest BCUT2D eigenvalue weighted by Crippen LogP contribution is -2.44. The molecule has 1 aromatic carbocycles. The van der Waals surface area contributed by atoms with Gasteiger partial charge in [0, 0.05) is 6.07 Å². The van der Waals surface area contributed by atoms with Crippen LogP contribution in [0.2, 0.25) is 0 Å². The van der Waals surface area contributed by atoms with Crippen molar-refractivity contribution in [2.45, 2.75) is 57.8 Å². The molecule has 0 aromatic heterocycles. The van der Waals surface area contributed by atoms with Crippen LogP contribution in [0.25, 0.3) is 0 Å². The number of hydrogen-bond acceptors (Lipinski definition) is 3. The number of hydrogen-bond donors (Lipinski definition) is 0. The molecule has 0 saturated heterocycles. The summed E-state index contributed by atoms with van der Waals surface area (Å²) in [6.45, 7) is 3.90. The Morgan fingerprint density at radius 2 is 1.92 bits per heavy atom. The van der Waals surface area contributed by atoms with Crippen LogP contribution >= 0.6 is 0 Å². The van der Waals surface area contributed by atoms with Gasteiger partial charge in [0.1, 0.15) is 17.6 Å². The molecule has 0 spiro atoms. The number of carbonyl (C=O) groups excluding carboxylic acids is 1. The van der Waals surface area contributed by atoms with Crippen molar-refractivity contribution in [1.82, 2.24) is 0 Å². The lowest BCUT2D eigenvalue weighted by atomic mass is 9.60. The van der Waals surface area contributed by atoms with Crippen LogP contribution in [0, 0.1) is 34.4 Å². The Morgan fingerprint density at radius 1 is 1.23 bits per heavy atom. The number of esters is 1. The molecule has 2 aliphatic carbocycles. The van der Waals surface area contributed by atoms with E-state index in [2.05, 4.69) is 6.58 Å². The van der Waals surface area contributed by atoms with Crippen molar-refractivity contribution in [2.24, 2.45) is 17.3 Å². The Morgan fingerprint density at radius 3 is 2.50 bits per heavy atom. The third-order valence-electron chi connectivity index (χ3n) is 6.31. The molecule has 3 rings (SSSR count). The normalized spacial score (nSPS) is 25.1. The largest absolute Gasteiger partial charge is 0.426 e. The minimum absolute atomic E-state index is 0.0417. The molecule has 2 fully saturated rings. The van der Waals surface area contributed by atoms with Gasteiger partial charge in [0.05, 0.1) is 11.0 Å². The topological polar surface area (TPSA) is 50.1 Å². The van der Waals surface area contributed by atoms with Gasteiger partial charge in [-0.1, -0.05) is 25.3 Å². The predicted molar refractivity (Wildman–Crippen MR) is 97.9 cm³/mol. The Labute approximate surface area is 154 Å². The zero-order valence-electron chi connectivity index (χ0n) is 15.2. The van der Waals surface area contributed by atoms with Crippen LogP contribution in [0.15, 0.2) is 30.9 Å². The summed E-state index contributed by atoms with van der Waals surface area (Å²) in [5, 5.41) is 8.84. The fourth-order valence-corrected chi connectivity index (χ4v) is 4.73. The van der Waals surface area contributed by atoms with E-state index < -0.39 is 11.2 Å². The van der Waals surface area contributed by atoms with Gasteiger partial charge in [0.25, 0.3) is 0 Å². The summed E-state index contributed by atoms with van der Waals surface area (Å²) in [7, 11) is 0. The maximum Gasteiger partial charge on any atom is 0.317 e. The first-order chi connectivity index (χ1) is 12.6. The standard InChI is InChI=1S/C22H26FNO2/c1-2-16-6-9-18(10-7-16)22(12-4-3-5-13-22)21(25)26-19-11-8-17(15-24)20(23)14-19/h2,8,11,14,16,18H,1,3-7,9-10,12-13H2. The van der Waals surface area contributed by atoms with E-state index in [0.717, 1.165) is 63.9 Å². The van der Waals surface area contributed by atoms with Gasteiger partial charge < -0.3 is 4.74 Å². The van der Waals surface area contributed by atoms with Crippen LogP contribution in [-0.4, -0.2) is 5.97 Å². The van der Waals surface area contributed by atoms with E-state index in [9.17, 15) is 9.18 Å². The van der Waals surface area contributed by atoms with Crippen molar-refractivity contribution in [2.75, 3.05) is 0 Å². The van der Waals surface area contributed by atoms with E-state index in [1.165, 1.54) is 12.1 Å². The van der Waals surface area contributed by atoms with Crippen molar-refractivity contribution >= 4 is 5.97 Å². The number of rotatable bonds is 4. The molecule has 0 N–H and O–H groups in total. The number of halogens is 1. The average molecular weight is 355 g/mol. The molecule has 0 amide bonds. The molecule has 2 saturated carbocycles. The molecule has 0 bridgehead atoms. The Balaban J connectivity index is 1.79. The first-order valence-electron chi connectivity index (χ1n) is 9.63. The maximum atomic E-state index is 13.9. The number of allylic oxidation sites excluding steroid dienone is 1. The predicted octanol–water partition coefficient (Wildman–Crippen LogP) is 5.55. The highest BCUT2D eigenvalue weighted by Crippen LogP contribution is 2.50. The Hall–Kier alpha value is -2.15. The van der Waals surface area contributed by atoms with Crippen molar-refractivity contribution in [3.05, 3.63) is 42.2 Å². The van der Waals surface area contributed by atoms with Gasteiger partial charge in [0.15, 0.2) is 0 Å². The summed E-state index contributed by atoms with van der Waals surface area (Å²) in [6.07, 6.45) is 11.2. The molecule has 1 aromatic rings. The lowest BCUT2D eigenvalue weighted by molar-refractivity contribution is -0.153. The second-order valence-electron chi connectivity index (χ2n) is 7.71. The van der Waals surface area contributed by atoms with E-state index in [-0.39, 0.29) is 17.3 Å². The van der Waals surface area contributed by atoms with E-state index in [1.807, 2.05) is 6.08 Å². The van der Waals surface area contributed by atoms with E-state index in [1.54, 1.807) is 6.07 Å². The number of nitriles is 1. The van der Waals surface area contributed by atoms with Crippen LogP contribution in [0.4, 0.5) is 4.39 Å². The van der Waals surface area contributed by atoms with Gasteiger partial charge in [-0.15, -0.1) is 6.58 Å². The Bertz CT molecular complexity index is 707. The van der Waals surface area contributed by atoms with Crippen LogP contribution < -0.4 is 4.74 Å². The molecule has 0 heterocycles. The summed E-state index contributed by atoms with van der Waals surface area (Å²) in [6, 6.07) is 5.79. The number of nitrogens with zero attached hydrogens (tertiary/aromatic N) is 1. The zero-order valence-corrected chi connectivity index (χ0v) is 15.2. The van der Waals surface area contributed by atoms with Gasteiger partial charge in [-0.3, -0.25) is 4.79 Å². The highest BCUT2D eigenvalue weighted by molar-refractivity contribution is 5.79. The van der Waals surface area contributed by atoms with Crippen molar-refractivity contribution in [3.63, 3.8) is 0 Å². The van der Waals surface area contributed by atoms with Crippen LogP contribution in [-0.2, 0) is 4.79 Å². The monoisotopic (exact) mass is 355 g/mol. The first-order valence-corrected chi connectivity index (χ1v) is 9.63. The minimum atomic E-state index is -0.651. The highest BCUT2D eigenvalue weighted by atomic mass is 19.1. The van der Waals surface area contributed by atoms with Crippen molar-refractivity contribution in [1.29, 1.82) is 5.26 Å². The number of carbonyl (C=O) groups is 1. The van der Waals surface area contributed by atoms with Crippen LogP contribution in [0.1, 0.15) is 63.4 Å². The fourth-order valence-electron chi connectivity index (χ4n) is 4.73. The van der Waals surface area contributed by atoms with Crippen molar-refractivity contribution in [3.8, 4) is 11.8 Å². The zero-order chi connectivity index (χ0) is 18.6. The van der Waals surface area contributed by atoms with Gasteiger partial charge in [-0.05, 0) is 62.5 Å². The summed E-state index contributed by atoms with van der Waals surface area (Å²) in [5.41, 5.74) is -0.491. The quantitative estimate of drug-likeness (QED) is 0.404. The summed E-state index contributed by atoms with van der Waals surface area (Å²) < 4.78 is 19.5. The van der Waals surface area contributed by atoms with Gasteiger partial charge >= 0.3 is 5.97 Å². The molecule has 0 unspecified atom stereocenters. The second kappa shape index (κ2) is 8.03. The average Bonchev–Trinajstić information content (AvgIpc) is 2.68. The molecular weight excluding hydrogens is 329 g/mol. The number of benzene rings is 1. The molecule has 2 aliphatic rings. The molecule has 0 atom stereocenters. The van der Waals surface area contributed by atoms with E-state index in [4.69, 9.17) is 10.00 Å². The molecular formula is C22H26FNO2. The molecule has 3 nitrogen and oxygen atoms in total. The number of ether oxygens (including phenoxy) is 1. The van der Waals surface area contributed by atoms with E-state index in [0.29, 0.717) is 11.8 Å². The van der Waals surface area contributed by atoms with Crippen LogP contribution in [0.3, 0.4) is 0 Å². The molecule has 0 aliphatic heterocycles. The van der Waals surface area contributed by atoms with Gasteiger partial charge in [0.2, 0.25) is 0 Å². The maximum absolute atomic E-state index is 13.9. The van der Waals surface area contributed by atoms with Crippen molar-refractivity contribution < 1.29 is 13.9 Å². The third kappa shape index (κ3) is 3.67. The van der Waals surface area contributed by atoms with Gasteiger partial charge in [-0.2, -0.15) is 5.26 Å². The van der Waals surface area contributed by atoms with Gasteiger partial charge in [-0.25, -0.2) is 4.39 Å². The highest BCUT2D eigenvalue weighted by Gasteiger charge is 2.48. The Kier molecular flexibility index (Phi) is 5.76. The summed E-state index contributed by atoms with van der Waals surface area (Å²) >= 11 is 0. The molecule has 0 radical (unpaired) electrons. The second-order valence-corrected chi connectivity index (χ2v) is 7.71. The molecule has 26 heavy (non-hydrogen) atoms. The van der Waals surface area contributed by atoms with Crippen LogP contribution in [0.5, 0.6) is 5.75 Å². The molecule has 4 heteroatoms. The summed E-state index contributed by atoms with van der Waals surface area (Å²) in [4.78, 5) is 13.2. The summed E-state index contributed by atoms with van der Waals surface area (Å²) in [5.74, 6) is 0.201. The fraction of sp³-hybridized carbons (Fsp3) is 0.545. The minimum Gasteiger partial charge on any atom is -0.426 e. The lowest BCUT2D eigenvalue weighted by Gasteiger charge is -2.44. The van der Waals surface area contributed by atoms with E-state index >= 15 is 0 Å². The third-order valence-corrected chi connectivity index (χ3v) is 6.31. The SMILES string of the molecule is C=CC1CCC(C2(C(=O)Oc3ccc(C#N)c(F)c3)CCCCC2)CC1. The first kappa shape index (κ1) is 18.6.